The van der Waals surface area contributed by atoms with Crippen LogP contribution in [0.2, 0.25) is 0 Å². The molecule has 22 heavy (non-hydrogen) atoms. The molecule has 0 saturated carbocycles. The fourth-order valence-corrected chi connectivity index (χ4v) is 3.80. The minimum absolute atomic E-state index is 0.0340. The smallest absolute Gasteiger partial charge is 0.207 e. The third-order valence-corrected chi connectivity index (χ3v) is 5.52. The second-order valence-electron chi connectivity index (χ2n) is 5.15. The average Bonchev–Trinajstić information content (AvgIpc) is 2.53. The van der Waals surface area contributed by atoms with Crippen LogP contribution in [0.4, 0.5) is 0 Å². The Morgan fingerprint density at radius 2 is 1.68 bits per heavy atom. The minimum Gasteiger partial charge on any atom is -0.207 e. The highest BCUT2D eigenvalue weighted by molar-refractivity contribution is 7.89. The Hall–Kier alpha value is -2.09. The van der Waals surface area contributed by atoms with E-state index in [2.05, 4.69) is 5.92 Å². The molecule has 0 heterocycles. The number of rotatable bonds is 5. The molecule has 0 amide bonds. The number of terminal acetylenes is 1. The summed E-state index contributed by atoms with van der Waals surface area (Å²) < 4.78 is 27.1. The highest BCUT2D eigenvalue weighted by Gasteiger charge is 2.29. The van der Waals surface area contributed by atoms with E-state index < -0.39 is 10.0 Å². The Morgan fingerprint density at radius 1 is 1.09 bits per heavy atom. The van der Waals surface area contributed by atoms with Crippen LogP contribution in [0.5, 0.6) is 0 Å². The second-order valence-corrected chi connectivity index (χ2v) is 7.04. The van der Waals surface area contributed by atoms with E-state index in [9.17, 15) is 8.42 Å². The lowest BCUT2D eigenvalue weighted by molar-refractivity contribution is 0.374. The summed E-state index contributed by atoms with van der Waals surface area (Å²) in [5, 5.41) is 0. The van der Waals surface area contributed by atoms with Crippen LogP contribution >= 0.6 is 0 Å². The lowest BCUT2D eigenvalue weighted by Crippen LogP contribution is -2.34. The molecule has 0 N–H and O–H groups in total. The molecule has 0 radical (unpaired) electrons. The molecule has 0 aromatic heterocycles. The molecule has 4 heteroatoms. The van der Waals surface area contributed by atoms with Crippen molar-refractivity contribution < 1.29 is 8.42 Å². The van der Waals surface area contributed by atoms with Gasteiger partial charge in [0.15, 0.2) is 0 Å². The lowest BCUT2D eigenvalue weighted by atomic mass is 10.1. The average molecular weight is 313 g/mol. The van der Waals surface area contributed by atoms with Gasteiger partial charge in [-0.1, -0.05) is 53.9 Å². The first kappa shape index (κ1) is 16.3. The topological polar surface area (TPSA) is 37.4 Å². The van der Waals surface area contributed by atoms with Crippen molar-refractivity contribution in [1.29, 1.82) is 0 Å². The SMILES string of the molecule is C#CCN(C(C)c1ccccc1)S(=O)(=O)c1ccc(C)cc1. The van der Waals surface area contributed by atoms with Crippen LogP contribution in [0.15, 0.2) is 59.5 Å². The van der Waals surface area contributed by atoms with E-state index in [1.807, 2.05) is 44.2 Å². The van der Waals surface area contributed by atoms with Gasteiger partial charge in [-0.2, -0.15) is 4.31 Å². The molecule has 0 aliphatic heterocycles. The number of benzene rings is 2. The quantitative estimate of drug-likeness (QED) is 0.794. The summed E-state index contributed by atoms with van der Waals surface area (Å²) in [6, 6.07) is 16.0. The summed E-state index contributed by atoms with van der Waals surface area (Å²) in [5.74, 6) is 2.45. The molecule has 0 aliphatic rings. The number of hydrogen-bond acceptors (Lipinski definition) is 2. The van der Waals surface area contributed by atoms with Gasteiger partial charge in [-0.15, -0.1) is 6.42 Å². The normalized spacial score (nSPS) is 12.8. The summed E-state index contributed by atoms with van der Waals surface area (Å²) in [5.41, 5.74) is 1.92. The Bertz CT molecular complexity index is 759. The molecule has 3 nitrogen and oxygen atoms in total. The van der Waals surface area contributed by atoms with Gasteiger partial charge < -0.3 is 0 Å². The van der Waals surface area contributed by atoms with Crippen LogP contribution in [0.25, 0.3) is 0 Å². The van der Waals surface area contributed by atoms with E-state index in [0.29, 0.717) is 0 Å². The van der Waals surface area contributed by atoms with Crippen molar-refractivity contribution >= 4 is 10.0 Å². The second kappa shape index (κ2) is 6.78. The molecule has 2 rings (SSSR count). The third-order valence-electron chi connectivity index (χ3n) is 3.59. The monoisotopic (exact) mass is 313 g/mol. The van der Waals surface area contributed by atoms with Crippen molar-refractivity contribution in [2.75, 3.05) is 6.54 Å². The van der Waals surface area contributed by atoms with E-state index in [1.54, 1.807) is 24.3 Å². The summed E-state index contributed by atoms with van der Waals surface area (Å²) in [4.78, 5) is 0.260. The summed E-state index contributed by atoms with van der Waals surface area (Å²) in [6.45, 7) is 3.80. The predicted octanol–water partition coefficient (Wildman–Crippen LogP) is 3.38. The van der Waals surface area contributed by atoms with Crippen LogP contribution in [-0.4, -0.2) is 19.3 Å². The lowest BCUT2D eigenvalue weighted by Gasteiger charge is -2.27. The summed E-state index contributed by atoms with van der Waals surface area (Å²) >= 11 is 0. The molecule has 0 saturated heterocycles. The molecule has 1 atom stereocenters. The molecule has 0 aliphatic carbocycles. The van der Waals surface area contributed by atoms with E-state index in [0.717, 1.165) is 11.1 Å². The highest BCUT2D eigenvalue weighted by Crippen LogP contribution is 2.27. The number of sulfonamides is 1. The summed E-state index contributed by atoms with van der Waals surface area (Å²) in [7, 11) is -3.64. The minimum atomic E-state index is -3.64. The molecule has 0 spiro atoms. The maximum Gasteiger partial charge on any atom is 0.244 e. The number of hydrogen-bond donors (Lipinski definition) is 0. The van der Waals surface area contributed by atoms with Crippen LogP contribution in [0.3, 0.4) is 0 Å². The Labute approximate surface area is 132 Å². The van der Waals surface area contributed by atoms with Crippen LogP contribution in [0, 0.1) is 19.3 Å². The van der Waals surface area contributed by atoms with Gasteiger partial charge in [0.1, 0.15) is 0 Å². The molecule has 114 valence electrons. The molecule has 0 bridgehead atoms. The number of nitrogens with zero attached hydrogens (tertiary/aromatic N) is 1. The van der Waals surface area contributed by atoms with Gasteiger partial charge in [0.2, 0.25) is 10.0 Å². The molecular weight excluding hydrogens is 294 g/mol. The Balaban J connectivity index is 2.43. The first-order valence-electron chi connectivity index (χ1n) is 7.03. The van der Waals surface area contributed by atoms with Crippen molar-refractivity contribution in [3.63, 3.8) is 0 Å². The van der Waals surface area contributed by atoms with Crippen molar-refractivity contribution in [2.45, 2.75) is 24.8 Å². The van der Waals surface area contributed by atoms with E-state index in [1.165, 1.54) is 4.31 Å². The van der Waals surface area contributed by atoms with Gasteiger partial charge in [-0.25, -0.2) is 8.42 Å². The van der Waals surface area contributed by atoms with Gasteiger partial charge in [0.05, 0.1) is 11.4 Å². The van der Waals surface area contributed by atoms with E-state index in [4.69, 9.17) is 6.42 Å². The molecule has 0 fully saturated rings. The van der Waals surface area contributed by atoms with Crippen LogP contribution in [-0.2, 0) is 10.0 Å². The zero-order valence-corrected chi connectivity index (χ0v) is 13.5. The third kappa shape index (κ3) is 3.38. The molecule has 2 aromatic carbocycles. The van der Waals surface area contributed by atoms with Crippen LogP contribution in [0.1, 0.15) is 24.1 Å². The van der Waals surface area contributed by atoms with E-state index in [-0.39, 0.29) is 17.5 Å². The van der Waals surface area contributed by atoms with Gasteiger partial charge in [0.25, 0.3) is 0 Å². The first-order chi connectivity index (χ1) is 10.5. The standard InChI is InChI=1S/C18H19NO2S/c1-4-14-19(16(3)17-8-6-5-7-9-17)22(20,21)18-12-10-15(2)11-13-18/h1,5-13,16H,14H2,2-3H3. The van der Waals surface area contributed by atoms with Gasteiger partial charge in [-0.05, 0) is 31.5 Å². The fraction of sp³-hybridized carbons (Fsp3) is 0.222. The fourth-order valence-electron chi connectivity index (χ4n) is 2.26. The zero-order valence-electron chi connectivity index (χ0n) is 12.7. The maximum atomic E-state index is 12.9. The largest absolute Gasteiger partial charge is 0.244 e. The molecule has 1 unspecified atom stereocenters. The van der Waals surface area contributed by atoms with Gasteiger partial charge in [0, 0.05) is 6.04 Å². The van der Waals surface area contributed by atoms with Gasteiger partial charge in [-0.3, -0.25) is 0 Å². The zero-order chi connectivity index (χ0) is 16.2. The highest BCUT2D eigenvalue weighted by atomic mass is 32.2. The van der Waals surface area contributed by atoms with Crippen molar-refractivity contribution in [3.05, 3.63) is 65.7 Å². The Kier molecular flexibility index (Phi) is 5.02. The van der Waals surface area contributed by atoms with E-state index >= 15 is 0 Å². The summed E-state index contributed by atoms with van der Waals surface area (Å²) in [6.07, 6.45) is 5.39. The molecule has 2 aromatic rings. The van der Waals surface area contributed by atoms with Crippen LogP contribution < -0.4 is 0 Å². The first-order valence-corrected chi connectivity index (χ1v) is 8.47. The molecular formula is C18H19NO2S. The van der Waals surface area contributed by atoms with Gasteiger partial charge >= 0.3 is 0 Å². The van der Waals surface area contributed by atoms with Crippen molar-refractivity contribution in [2.24, 2.45) is 0 Å². The predicted molar refractivity (Wildman–Crippen MR) is 88.8 cm³/mol. The van der Waals surface area contributed by atoms with Crippen molar-refractivity contribution in [1.82, 2.24) is 4.31 Å². The Morgan fingerprint density at radius 3 is 2.23 bits per heavy atom. The van der Waals surface area contributed by atoms with Crippen molar-refractivity contribution in [3.8, 4) is 12.3 Å². The maximum absolute atomic E-state index is 12.9. The number of aryl methyl sites for hydroxylation is 1.